The minimum absolute atomic E-state index is 0.102. The minimum atomic E-state index is -0.102. The van der Waals surface area contributed by atoms with Gasteiger partial charge in [-0.2, -0.15) is 0 Å². The minimum Gasteiger partial charge on any atom is -0.381 e. The van der Waals surface area contributed by atoms with E-state index in [1.165, 1.54) is 38.6 Å². The van der Waals surface area contributed by atoms with Crippen molar-refractivity contribution in [2.24, 2.45) is 5.41 Å². The fraction of sp³-hybridized carbons (Fsp3) is 0.917. The molecule has 2 aliphatic heterocycles. The number of aldehydes is 1. The van der Waals surface area contributed by atoms with Crippen LogP contribution in [0.3, 0.4) is 0 Å². The molecule has 0 atom stereocenters. The molecule has 2 aliphatic rings. The Morgan fingerprint density at radius 2 is 1.80 bits per heavy atom. The number of nitrogens with zero attached hydrogens (tertiary/aromatic N) is 1. The van der Waals surface area contributed by atoms with Gasteiger partial charge in [-0.3, -0.25) is 0 Å². The summed E-state index contributed by atoms with van der Waals surface area (Å²) < 4.78 is 5.34. The zero-order valence-corrected chi connectivity index (χ0v) is 9.41. The summed E-state index contributed by atoms with van der Waals surface area (Å²) in [6, 6.07) is 0. The van der Waals surface area contributed by atoms with E-state index < -0.39 is 0 Å². The largest absolute Gasteiger partial charge is 0.381 e. The Morgan fingerprint density at radius 1 is 1.13 bits per heavy atom. The third-order valence-corrected chi connectivity index (χ3v) is 3.73. The number of ether oxygens (including phenoxy) is 1. The predicted octanol–water partition coefficient (Wildman–Crippen LogP) is 1.47. The first-order chi connectivity index (χ1) is 7.35. The maximum atomic E-state index is 11.3. The van der Waals surface area contributed by atoms with E-state index in [1.807, 2.05) is 0 Å². The van der Waals surface area contributed by atoms with Crippen molar-refractivity contribution in [2.75, 3.05) is 32.8 Å². The van der Waals surface area contributed by atoms with Gasteiger partial charge in [0.1, 0.15) is 6.29 Å². The van der Waals surface area contributed by atoms with Gasteiger partial charge in [0.25, 0.3) is 0 Å². The topological polar surface area (TPSA) is 29.5 Å². The molecule has 2 fully saturated rings. The van der Waals surface area contributed by atoms with Crippen LogP contribution in [-0.2, 0) is 9.53 Å². The van der Waals surface area contributed by atoms with Crippen molar-refractivity contribution in [3.8, 4) is 0 Å². The Labute approximate surface area is 91.8 Å². The van der Waals surface area contributed by atoms with Crippen LogP contribution in [0.15, 0.2) is 0 Å². The van der Waals surface area contributed by atoms with E-state index in [4.69, 9.17) is 4.74 Å². The lowest BCUT2D eigenvalue weighted by molar-refractivity contribution is -0.123. The molecule has 0 aromatic heterocycles. The Hall–Kier alpha value is -0.410. The van der Waals surface area contributed by atoms with Crippen LogP contribution >= 0.6 is 0 Å². The van der Waals surface area contributed by atoms with Crippen molar-refractivity contribution in [2.45, 2.75) is 32.1 Å². The van der Waals surface area contributed by atoms with E-state index in [0.717, 1.165) is 32.6 Å². The molecule has 0 N–H and O–H groups in total. The monoisotopic (exact) mass is 211 g/mol. The van der Waals surface area contributed by atoms with Crippen LogP contribution in [0.25, 0.3) is 0 Å². The number of hydrogen-bond donors (Lipinski definition) is 0. The van der Waals surface area contributed by atoms with Crippen molar-refractivity contribution in [3.05, 3.63) is 0 Å². The highest BCUT2D eigenvalue weighted by atomic mass is 16.5. The van der Waals surface area contributed by atoms with Crippen LogP contribution < -0.4 is 0 Å². The van der Waals surface area contributed by atoms with Crippen LogP contribution in [0.4, 0.5) is 0 Å². The van der Waals surface area contributed by atoms with Crippen LogP contribution in [0.5, 0.6) is 0 Å². The molecule has 2 saturated heterocycles. The summed E-state index contributed by atoms with van der Waals surface area (Å²) in [4.78, 5) is 13.7. The second-order valence-electron chi connectivity index (χ2n) is 4.93. The standard InChI is InChI=1S/C12H21NO2/c14-11-12(4-8-15-9-5-12)10-13-6-2-1-3-7-13/h11H,1-10H2. The summed E-state index contributed by atoms with van der Waals surface area (Å²) in [5, 5.41) is 0. The molecule has 3 nitrogen and oxygen atoms in total. The number of piperidine rings is 1. The predicted molar refractivity (Wildman–Crippen MR) is 58.8 cm³/mol. The van der Waals surface area contributed by atoms with Gasteiger partial charge >= 0.3 is 0 Å². The van der Waals surface area contributed by atoms with Gasteiger partial charge in [0.2, 0.25) is 0 Å². The van der Waals surface area contributed by atoms with E-state index >= 15 is 0 Å². The quantitative estimate of drug-likeness (QED) is 0.662. The highest BCUT2D eigenvalue weighted by Crippen LogP contribution is 2.30. The van der Waals surface area contributed by atoms with Gasteiger partial charge in [0, 0.05) is 25.2 Å². The molecule has 2 heterocycles. The highest BCUT2D eigenvalue weighted by molar-refractivity contribution is 5.60. The van der Waals surface area contributed by atoms with E-state index in [9.17, 15) is 4.79 Å². The number of carbonyl (C=O) groups excluding carboxylic acids is 1. The van der Waals surface area contributed by atoms with E-state index in [1.54, 1.807) is 0 Å². The summed E-state index contributed by atoms with van der Waals surface area (Å²) in [5.41, 5.74) is -0.102. The van der Waals surface area contributed by atoms with Gasteiger partial charge in [-0.15, -0.1) is 0 Å². The molecule has 0 spiro atoms. The summed E-state index contributed by atoms with van der Waals surface area (Å²) in [6.45, 7) is 4.83. The fourth-order valence-electron chi connectivity index (χ4n) is 2.65. The molecule has 0 amide bonds. The number of hydrogen-bond acceptors (Lipinski definition) is 3. The van der Waals surface area contributed by atoms with Crippen LogP contribution in [0.2, 0.25) is 0 Å². The summed E-state index contributed by atoms with van der Waals surface area (Å²) in [5.74, 6) is 0. The fourth-order valence-corrected chi connectivity index (χ4v) is 2.65. The molecule has 0 radical (unpaired) electrons. The van der Waals surface area contributed by atoms with Gasteiger partial charge in [0.05, 0.1) is 0 Å². The summed E-state index contributed by atoms with van der Waals surface area (Å²) in [7, 11) is 0. The third kappa shape index (κ3) is 2.79. The van der Waals surface area contributed by atoms with Crippen molar-refractivity contribution in [1.29, 1.82) is 0 Å². The molecular weight excluding hydrogens is 190 g/mol. The number of likely N-dealkylation sites (tertiary alicyclic amines) is 1. The van der Waals surface area contributed by atoms with Gasteiger partial charge in [0.15, 0.2) is 0 Å². The van der Waals surface area contributed by atoms with Gasteiger partial charge < -0.3 is 14.4 Å². The SMILES string of the molecule is O=CC1(CN2CCCCC2)CCOCC1. The second-order valence-corrected chi connectivity index (χ2v) is 4.93. The normalized spacial score (nSPS) is 27.5. The second kappa shape index (κ2) is 5.08. The molecule has 0 bridgehead atoms. The van der Waals surface area contributed by atoms with E-state index in [2.05, 4.69) is 4.90 Å². The maximum absolute atomic E-state index is 11.3. The molecule has 15 heavy (non-hydrogen) atoms. The Morgan fingerprint density at radius 3 is 2.40 bits per heavy atom. The zero-order chi connectivity index (χ0) is 10.6. The van der Waals surface area contributed by atoms with Crippen molar-refractivity contribution < 1.29 is 9.53 Å². The average Bonchev–Trinajstić information content (AvgIpc) is 2.32. The molecular formula is C12H21NO2. The maximum Gasteiger partial charge on any atom is 0.127 e. The summed E-state index contributed by atoms with van der Waals surface area (Å²) >= 11 is 0. The first-order valence-corrected chi connectivity index (χ1v) is 6.11. The molecule has 0 aromatic rings. The lowest BCUT2D eigenvalue weighted by atomic mass is 9.81. The Balaban J connectivity index is 1.90. The summed E-state index contributed by atoms with van der Waals surface area (Å²) in [6.07, 6.45) is 6.95. The van der Waals surface area contributed by atoms with Gasteiger partial charge in [-0.25, -0.2) is 0 Å². The van der Waals surface area contributed by atoms with E-state index in [0.29, 0.717) is 0 Å². The smallest absolute Gasteiger partial charge is 0.127 e. The molecule has 0 aliphatic carbocycles. The van der Waals surface area contributed by atoms with Crippen molar-refractivity contribution >= 4 is 6.29 Å². The Kier molecular flexibility index (Phi) is 3.76. The van der Waals surface area contributed by atoms with Crippen LogP contribution in [0.1, 0.15) is 32.1 Å². The molecule has 2 rings (SSSR count). The van der Waals surface area contributed by atoms with Crippen LogP contribution in [0, 0.1) is 5.41 Å². The molecule has 0 unspecified atom stereocenters. The van der Waals surface area contributed by atoms with Crippen LogP contribution in [-0.4, -0.2) is 44.0 Å². The number of rotatable bonds is 3. The third-order valence-electron chi connectivity index (χ3n) is 3.73. The molecule has 86 valence electrons. The Bertz CT molecular complexity index is 206. The van der Waals surface area contributed by atoms with Crippen molar-refractivity contribution in [1.82, 2.24) is 4.90 Å². The average molecular weight is 211 g/mol. The lowest BCUT2D eigenvalue weighted by Gasteiger charge is -2.38. The van der Waals surface area contributed by atoms with Gasteiger partial charge in [-0.05, 0) is 38.8 Å². The first kappa shape index (κ1) is 11.1. The highest BCUT2D eigenvalue weighted by Gasteiger charge is 2.34. The molecule has 0 saturated carbocycles. The van der Waals surface area contributed by atoms with Gasteiger partial charge in [-0.1, -0.05) is 6.42 Å². The molecule has 0 aromatic carbocycles. The number of carbonyl (C=O) groups is 1. The van der Waals surface area contributed by atoms with E-state index in [-0.39, 0.29) is 5.41 Å². The molecule has 3 heteroatoms. The van der Waals surface area contributed by atoms with Crippen molar-refractivity contribution in [3.63, 3.8) is 0 Å². The zero-order valence-electron chi connectivity index (χ0n) is 9.41. The first-order valence-electron chi connectivity index (χ1n) is 6.11. The lowest BCUT2D eigenvalue weighted by Crippen LogP contribution is -2.44.